The maximum absolute atomic E-state index is 11.5. The van der Waals surface area contributed by atoms with Crippen LogP contribution in [0.3, 0.4) is 0 Å². The second kappa shape index (κ2) is 9.68. The fraction of sp³-hybridized carbons (Fsp3) is 0.714. The Bertz CT molecular complexity index is 309. The van der Waals surface area contributed by atoms with Crippen molar-refractivity contribution in [3.05, 3.63) is 18.7 Å². The van der Waals surface area contributed by atoms with Crippen LogP contribution >= 0.6 is 0 Å². The van der Waals surface area contributed by atoms with Crippen LogP contribution < -0.4 is 5.32 Å². The summed E-state index contributed by atoms with van der Waals surface area (Å²) in [5.41, 5.74) is 0. The van der Waals surface area contributed by atoms with E-state index >= 15 is 0 Å². The molecule has 0 aliphatic carbocycles. The van der Waals surface area contributed by atoms with E-state index < -0.39 is 0 Å². The molecule has 1 N–H and O–H groups in total. The molecule has 1 aromatic heterocycles. The molecule has 0 aliphatic rings. The van der Waals surface area contributed by atoms with Gasteiger partial charge in [0.05, 0.1) is 6.33 Å². The highest BCUT2D eigenvalue weighted by Gasteiger charge is 2.00. The first-order valence-corrected chi connectivity index (χ1v) is 7.05. The summed E-state index contributed by atoms with van der Waals surface area (Å²) < 4.78 is 2.02. The average molecular weight is 251 g/mol. The van der Waals surface area contributed by atoms with E-state index in [1.807, 2.05) is 10.8 Å². The number of aromatic nitrogens is 2. The molecule has 4 nitrogen and oxygen atoms in total. The molecule has 1 aromatic rings. The average Bonchev–Trinajstić information content (AvgIpc) is 2.87. The van der Waals surface area contributed by atoms with Crippen LogP contribution in [0.4, 0.5) is 0 Å². The van der Waals surface area contributed by atoms with Crippen molar-refractivity contribution in [2.45, 2.75) is 58.4 Å². The fourth-order valence-electron chi connectivity index (χ4n) is 1.89. The van der Waals surface area contributed by atoms with Crippen molar-refractivity contribution in [3.63, 3.8) is 0 Å². The minimum atomic E-state index is 0.192. The van der Waals surface area contributed by atoms with Crippen molar-refractivity contribution < 1.29 is 4.79 Å². The summed E-state index contributed by atoms with van der Waals surface area (Å²) in [5.74, 6) is 0.192. The molecule has 0 saturated heterocycles. The summed E-state index contributed by atoms with van der Waals surface area (Å²) in [7, 11) is 0. The number of unbranched alkanes of at least 4 members (excludes halogenated alkanes) is 4. The summed E-state index contributed by atoms with van der Waals surface area (Å²) in [6, 6.07) is 0. The minimum Gasteiger partial charge on any atom is -0.356 e. The number of hydrogen-bond acceptors (Lipinski definition) is 2. The maximum Gasteiger partial charge on any atom is 0.219 e. The molecule has 0 aliphatic heterocycles. The molecule has 1 heterocycles. The van der Waals surface area contributed by atoms with Gasteiger partial charge >= 0.3 is 0 Å². The van der Waals surface area contributed by atoms with Crippen LogP contribution in [0.15, 0.2) is 18.7 Å². The molecule has 1 amide bonds. The third kappa shape index (κ3) is 7.09. The zero-order valence-electron chi connectivity index (χ0n) is 11.4. The third-order valence-corrected chi connectivity index (χ3v) is 2.98. The number of carbonyl (C=O) groups is 1. The van der Waals surface area contributed by atoms with Gasteiger partial charge in [-0.1, -0.05) is 32.6 Å². The molecular formula is C14H25N3O. The van der Waals surface area contributed by atoms with E-state index in [2.05, 4.69) is 17.2 Å². The number of hydrogen-bond donors (Lipinski definition) is 1. The summed E-state index contributed by atoms with van der Waals surface area (Å²) in [4.78, 5) is 15.5. The zero-order chi connectivity index (χ0) is 13.1. The van der Waals surface area contributed by atoms with Crippen molar-refractivity contribution in [1.29, 1.82) is 0 Å². The molecule has 102 valence electrons. The van der Waals surface area contributed by atoms with Crippen LogP contribution in [-0.4, -0.2) is 22.0 Å². The number of aryl methyl sites for hydroxylation is 1. The maximum atomic E-state index is 11.5. The van der Waals surface area contributed by atoms with Crippen LogP contribution in [0, 0.1) is 0 Å². The molecule has 0 unspecified atom stereocenters. The van der Waals surface area contributed by atoms with Crippen LogP contribution in [0.1, 0.15) is 51.9 Å². The van der Waals surface area contributed by atoms with Gasteiger partial charge in [-0.25, -0.2) is 4.98 Å². The van der Waals surface area contributed by atoms with Crippen LogP contribution in [-0.2, 0) is 11.3 Å². The molecule has 0 radical (unpaired) electrons. The largest absolute Gasteiger partial charge is 0.356 e. The molecule has 4 heteroatoms. The Morgan fingerprint density at radius 2 is 2.06 bits per heavy atom. The highest BCUT2D eigenvalue weighted by molar-refractivity contribution is 5.75. The van der Waals surface area contributed by atoms with Gasteiger partial charge in [0.25, 0.3) is 0 Å². The SMILES string of the molecule is CCCCCCCC(=O)NCCCn1ccnc1. The Morgan fingerprint density at radius 3 is 2.78 bits per heavy atom. The van der Waals surface area contributed by atoms with E-state index in [1.54, 1.807) is 12.5 Å². The Hall–Kier alpha value is -1.32. The van der Waals surface area contributed by atoms with Crippen molar-refractivity contribution in [3.8, 4) is 0 Å². The Morgan fingerprint density at radius 1 is 1.22 bits per heavy atom. The first-order chi connectivity index (χ1) is 8.83. The topological polar surface area (TPSA) is 46.9 Å². The third-order valence-electron chi connectivity index (χ3n) is 2.98. The first-order valence-electron chi connectivity index (χ1n) is 7.05. The van der Waals surface area contributed by atoms with Gasteiger partial charge < -0.3 is 9.88 Å². The number of amides is 1. The highest BCUT2D eigenvalue weighted by atomic mass is 16.1. The van der Waals surface area contributed by atoms with Crippen molar-refractivity contribution >= 4 is 5.91 Å². The molecule has 0 bridgehead atoms. The molecule has 0 saturated carbocycles. The molecule has 18 heavy (non-hydrogen) atoms. The van der Waals surface area contributed by atoms with E-state index in [1.165, 1.54) is 25.7 Å². The van der Waals surface area contributed by atoms with Gasteiger partial charge in [0.15, 0.2) is 0 Å². The quantitative estimate of drug-likeness (QED) is 0.650. The summed E-state index contributed by atoms with van der Waals surface area (Å²) in [6.45, 7) is 3.87. The summed E-state index contributed by atoms with van der Waals surface area (Å²) >= 11 is 0. The first kappa shape index (κ1) is 14.7. The molecule has 0 aromatic carbocycles. The second-order valence-corrected chi connectivity index (χ2v) is 4.67. The van der Waals surface area contributed by atoms with Gasteiger partial charge in [-0.05, 0) is 12.8 Å². The Balaban J connectivity index is 1.90. The van der Waals surface area contributed by atoms with Crippen molar-refractivity contribution in [2.24, 2.45) is 0 Å². The monoisotopic (exact) mass is 251 g/mol. The molecule has 0 fully saturated rings. The lowest BCUT2D eigenvalue weighted by molar-refractivity contribution is -0.121. The van der Waals surface area contributed by atoms with Gasteiger partial charge in [0, 0.05) is 31.9 Å². The molecule has 0 atom stereocenters. The second-order valence-electron chi connectivity index (χ2n) is 4.67. The lowest BCUT2D eigenvalue weighted by Crippen LogP contribution is -2.24. The van der Waals surface area contributed by atoms with Gasteiger partial charge in [0.2, 0.25) is 5.91 Å². The molecule has 0 spiro atoms. The molecular weight excluding hydrogens is 226 g/mol. The van der Waals surface area contributed by atoms with Crippen LogP contribution in [0.5, 0.6) is 0 Å². The standard InChI is InChI=1S/C14H25N3O/c1-2-3-4-5-6-8-14(18)16-9-7-11-17-12-10-15-13-17/h10,12-13H,2-9,11H2,1H3,(H,16,18). The lowest BCUT2D eigenvalue weighted by Gasteiger charge is -2.05. The van der Waals surface area contributed by atoms with Gasteiger partial charge in [0.1, 0.15) is 0 Å². The molecule has 1 rings (SSSR count). The van der Waals surface area contributed by atoms with Gasteiger partial charge in [-0.15, -0.1) is 0 Å². The number of nitrogens with zero attached hydrogens (tertiary/aromatic N) is 2. The number of imidazole rings is 1. The predicted octanol–water partition coefficient (Wildman–Crippen LogP) is 2.75. The van der Waals surface area contributed by atoms with E-state index in [0.717, 1.165) is 25.9 Å². The van der Waals surface area contributed by atoms with E-state index in [0.29, 0.717) is 6.42 Å². The summed E-state index contributed by atoms with van der Waals surface area (Å²) in [6.07, 6.45) is 13.1. The number of carbonyl (C=O) groups excluding carboxylic acids is 1. The van der Waals surface area contributed by atoms with Crippen LogP contribution in [0.25, 0.3) is 0 Å². The normalized spacial score (nSPS) is 10.5. The van der Waals surface area contributed by atoms with E-state index in [4.69, 9.17) is 0 Å². The Kier molecular flexibility index (Phi) is 7.93. The highest BCUT2D eigenvalue weighted by Crippen LogP contribution is 2.04. The van der Waals surface area contributed by atoms with Gasteiger partial charge in [-0.2, -0.15) is 0 Å². The van der Waals surface area contributed by atoms with Crippen LogP contribution in [0.2, 0.25) is 0 Å². The van der Waals surface area contributed by atoms with E-state index in [-0.39, 0.29) is 5.91 Å². The smallest absolute Gasteiger partial charge is 0.219 e. The van der Waals surface area contributed by atoms with Gasteiger partial charge in [-0.3, -0.25) is 4.79 Å². The fourth-order valence-corrected chi connectivity index (χ4v) is 1.89. The van der Waals surface area contributed by atoms with Crippen molar-refractivity contribution in [1.82, 2.24) is 14.9 Å². The zero-order valence-corrected chi connectivity index (χ0v) is 11.4. The van der Waals surface area contributed by atoms with E-state index in [9.17, 15) is 4.79 Å². The number of rotatable bonds is 10. The summed E-state index contributed by atoms with van der Waals surface area (Å²) in [5, 5.41) is 2.96. The number of nitrogens with one attached hydrogen (secondary N) is 1. The van der Waals surface area contributed by atoms with Crippen molar-refractivity contribution in [2.75, 3.05) is 6.54 Å². The lowest BCUT2D eigenvalue weighted by atomic mass is 10.1. The predicted molar refractivity (Wildman–Crippen MR) is 73.2 cm³/mol. The Labute approximate surface area is 110 Å². The minimum absolute atomic E-state index is 0.192.